The highest BCUT2D eigenvalue weighted by atomic mass is 32.2. The lowest BCUT2D eigenvalue weighted by molar-refractivity contribution is -0.156. The Kier molecular flexibility index (Phi) is 7.27. The number of aliphatic carboxylic acids is 1. The molecule has 2 amide bonds. The summed E-state index contributed by atoms with van der Waals surface area (Å²) >= 11 is 0. The normalized spacial score (nSPS) is 15.9. The van der Waals surface area contributed by atoms with E-state index in [-0.39, 0.29) is 36.8 Å². The summed E-state index contributed by atoms with van der Waals surface area (Å²) < 4.78 is 28.0. The first kappa shape index (κ1) is 24.8. The van der Waals surface area contributed by atoms with Gasteiger partial charge in [0.05, 0.1) is 16.9 Å². The lowest BCUT2D eigenvalue weighted by Gasteiger charge is -2.45. The van der Waals surface area contributed by atoms with Crippen molar-refractivity contribution < 1.29 is 27.9 Å². The number of nitrogens with one attached hydrogen (secondary N) is 3. The molecule has 1 aliphatic rings. The molecule has 12 nitrogen and oxygen atoms in total. The largest absolute Gasteiger partial charge is 0.481 e. The number of nitrogens with two attached hydrogens (primary N) is 1. The van der Waals surface area contributed by atoms with Crippen LogP contribution in [0.1, 0.15) is 24.0 Å². The van der Waals surface area contributed by atoms with Gasteiger partial charge in [-0.1, -0.05) is 6.07 Å². The van der Waals surface area contributed by atoms with Gasteiger partial charge in [0.15, 0.2) is 0 Å². The fourth-order valence-corrected chi connectivity index (χ4v) is 4.92. The average molecular weight is 489 g/mol. The van der Waals surface area contributed by atoms with Crippen LogP contribution in [-0.4, -0.2) is 66.7 Å². The van der Waals surface area contributed by atoms with Crippen molar-refractivity contribution in [3.63, 3.8) is 0 Å². The minimum Gasteiger partial charge on any atom is -0.481 e. The number of benzene rings is 1. The van der Waals surface area contributed by atoms with Crippen molar-refractivity contribution >= 4 is 33.6 Å². The number of nitrogens with zero attached hydrogens (tertiary/aromatic N) is 2. The second-order valence-corrected chi connectivity index (χ2v) is 9.41. The summed E-state index contributed by atoms with van der Waals surface area (Å²) in [5.74, 6) is -3.21. The van der Waals surface area contributed by atoms with Crippen molar-refractivity contribution in [1.29, 1.82) is 5.41 Å². The molecule has 1 fully saturated rings. The molecule has 0 saturated carbocycles. The quantitative estimate of drug-likeness (QED) is 0.165. The topological polar surface area (TPSA) is 196 Å². The molecule has 6 N–H and O–H groups in total. The van der Waals surface area contributed by atoms with Gasteiger partial charge in [0, 0.05) is 37.6 Å². The predicted octanol–water partition coefficient (Wildman–Crippen LogP) is -0.637. The summed E-state index contributed by atoms with van der Waals surface area (Å²) in [4.78, 5) is 41.8. The fourth-order valence-electron chi connectivity index (χ4n) is 3.89. The van der Waals surface area contributed by atoms with E-state index >= 15 is 0 Å². The molecule has 34 heavy (non-hydrogen) atoms. The number of carbonyl (C=O) groups is 3. The summed E-state index contributed by atoms with van der Waals surface area (Å²) in [7, 11) is -4.00. The average Bonchev–Trinajstić information content (AvgIpc) is 2.80. The van der Waals surface area contributed by atoms with E-state index in [1.54, 1.807) is 12.1 Å². The number of hydrogen-bond acceptors (Lipinski definition) is 7. The summed E-state index contributed by atoms with van der Waals surface area (Å²) in [6, 6.07) is 8.54. The van der Waals surface area contributed by atoms with Crippen LogP contribution in [0, 0.1) is 5.41 Å². The molecule has 13 heteroatoms. The van der Waals surface area contributed by atoms with Gasteiger partial charge in [-0.25, -0.2) is 13.1 Å². The maximum atomic E-state index is 12.8. The molecule has 1 saturated heterocycles. The molecule has 1 aliphatic heterocycles. The van der Waals surface area contributed by atoms with Crippen molar-refractivity contribution in [3.05, 3.63) is 59.9 Å². The van der Waals surface area contributed by atoms with E-state index < -0.39 is 39.8 Å². The van der Waals surface area contributed by atoms with Gasteiger partial charge < -0.3 is 21.1 Å². The predicted molar refractivity (Wildman–Crippen MR) is 120 cm³/mol. The maximum absolute atomic E-state index is 12.8. The maximum Gasteiger partial charge on any atom is 0.312 e. The number of hydrogen-bond donors (Lipinski definition) is 5. The van der Waals surface area contributed by atoms with E-state index in [2.05, 4.69) is 15.0 Å². The number of sulfonamides is 1. The second kappa shape index (κ2) is 9.97. The zero-order chi connectivity index (χ0) is 24.9. The first-order valence-corrected chi connectivity index (χ1v) is 11.7. The highest BCUT2D eigenvalue weighted by Gasteiger charge is 2.46. The lowest BCUT2D eigenvalue weighted by Crippen LogP contribution is -2.61. The molecule has 0 spiro atoms. The Bertz CT molecular complexity index is 1200. The number of amides is 2. The van der Waals surface area contributed by atoms with E-state index in [0.717, 1.165) is 0 Å². The molecule has 180 valence electrons. The number of carbonyl (C=O) groups excluding carboxylic acids is 2. The second-order valence-electron chi connectivity index (χ2n) is 7.64. The van der Waals surface area contributed by atoms with Crippen LogP contribution in [-0.2, 0) is 29.9 Å². The van der Waals surface area contributed by atoms with Gasteiger partial charge in [-0.2, -0.15) is 0 Å². The molecular formula is C21H24N6O6S. The Morgan fingerprint density at radius 2 is 1.97 bits per heavy atom. The SMILES string of the molecule is N=C(N)c1ccc(S(=O)(=O)NCCC(CC(=O)O)(c2cccnc2)N2CCNC(=O)C2=O)cc1. The molecule has 1 aromatic heterocycles. The summed E-state index contributed by atoms with van der Waals surface area (Å²) in [6.45, 7) is -0.0587. The van der Waals surface area contributed by atoms with Gasteiger partial charge in [-0.3, -0.25) is 24.8 Å². The molecular weight excluding hydrogens is 464 g/mol. The lowest BCUT2D eigenvalue weighted by atomic mass is 9.81. The van der Waals surface area contributed by atoms with Crippen molar-refractivity contribution in [3.8, 4) is 0 Å². The third-order valence-corrected chi connectivity index (χ3v) is 7.00. The monoisotopic (exact) mass is 488 g/mol. The molecule has 0 aliphatic carbocycles. The number of rotatable bonds is 10. The van der Waals surface area contributed by atoms with E-state index in [1.165, 1.54) is 41.6 Å². The molecule has 2 aromatic rings. The van der Waals surface area contributed by atoms with Crippen molar-refractivity contribution in [2.45, 2.75) is 23.3 Å². The molecule has 1 unspecified atom stereocenters. The van der Waals surface area contributed by atoms with Gasteiger partial charge >= 0.3 is 17.8 Å². The molecule has 0 radical (unpaired) electrons. The zero-order valence-electron chi connectivity index (χ0n) is 18.0. The van der Waals surface area contributed by atoms with E-state index in [0.29, 0.717) is 11.1 Å². The standard InChI is InChI=1S/C21H24N6O6S/c22-18(23)14-3-5-16(6-4-14)34(32,33)26-9-7-21(12-17(28)29,15-2-1-8-24-13-15)27-11-10-25-19(30)20(27)31/h1-6,8,13,26H,7,9-12H2,(H3,22,23)(H,25,30)(H,28,29). The van der Waals surface area contributed by atoms with Crippen LogP contribution in [0.15, 0.2) is 53.7 Å². The Balaban J connectivity index is 1.92. The Morgan fingerprint density at radius 1 is 1.26 bits per heavy atom. The van der Waals surface area contributed by atoms with Crippen molar-refractivity contribution in [2.75, 3.05) is 19.6 Å². The highest BCUT2D eigenvalue weighted by Crippen LogP contribution is 2.36. The Labute approximate surface area is 195 Å². The summed E-state index contributed by atoms with van der Waals surface area (Å²) in [5, 5.41) is 19.5. The summed E-state index contributed by atoms with van der Waals surface area (Å²) in [5.41, 5.74) is 4.60. The molecule has 0 bridgehead atoms. The van der Waals surface area contributed by atoms with Crippen molar-refractivity contribution in [1.82, 2.24) is 19.9 Å². The third kappa shape index (κ3) is 5.21. The minimum atomic E-state index is -4.00. The van der Waals surface area contributed by atoms with Gasteiger partial charge in [-0.15, -0.1) is 0 Å². The third-order valence-electron chi connectivity index (χ3n) is 5.53. The fraction of sp³-hybridized carbons (Fsp3) is 0.286. The number of pyridine rings is 1. The number of amidine groups is 1. The van der Waals surface area contributed by atoms with Gasteiger partial charge in [-0.05, 0) is 42.3 Å². The minimum absolute atomic E-state index is 0.0476. The Hall–Kier alpha value is -3.84. The van der Waals surface area contributed by atoms with Gasteiger partial charge in [0.25, 0.3) is 0 Å². The van der Waals surface area contributed by atoms with Crippen LogP contribution in [0.25, 0.3) is 0 Å². The van der Waals surface area contributed by atoms with Crippen LogP contribution < -0.4 is 15.8 Å². The van der Waals surface area contributed by atoms with E-state index in [9.17, 15) is 27.9 Å². The van der Waals surface area contributed by atoms with E-state index in [4.69, 9.17) is 11.1 Å². The number of nitrogen functional groups attached to an aromatic ring is 1. The van der Waals surface area contributed by atoms with Crippen LogP contribution >= 0.6 is 0 Å². The van der Waals surface area contributed by atoms with Gasteiger partial charge in [0.2, 0.25) is 10.0 Å². The first-order valence-electron chi connectivity index (χ1n) is 10.2. The summed E-state index contributed by atoms with van der Waals surface area (Å²) in [6.07, 6.45) is 2.19. The van der Waals surface area contributed by atoms with Crippen LogP contribution in [0.2, 0.25) is 0 Å². The molecule has 3 rings (SSSR count). The number of carboxylic acids is 1. The Morgan fingerprint density at radius 3 is 2.56 bits per heavy atom. The van der Waals surface area contributed by atoms with Crippen LogP contribution in [0.5, 0.6) is 0 Å². The smallest absolute Gasteiger partial charge is 0.312 e. The van der Waals surface area contributed by atoms with Crippen LogP contribution in [0.4, 0.5) is 0 Å². The van der Waals surface area contributed by atoms with E-state index in [1.807, 2.05) is 0 Å². The molecule has 2 heterocycles. The highest BCUT2D eigenvalue weighted by molar-refractivity contribution is 7.89. The van der Waals surface area contributed by atoms with Gasteiger partial charge in [0.1, 0.15) is 5.84 Å². The zero-order valence-corrected chi connectivity index (χ0v) is 18.8. The number of piperazine rings is 1. The molecule has 1 atom stereocenters. The number of aromatic nitrogens is 1. The number of carboxylic acid groups (broad SMARTS) is 1. The first-order chi connectivity index (χ1) is 16.1. The molecule has 1 aromatic carbocycles. The van der Waals surface area contributed by atoms with Crippen LogP contribution in [0.3, 0.4) is 0 Å². The van der Waals surface area contributed by atoms with Crippen molar-refractivity contribution in [2.24, 2.45) is 5.73 Å².